The molecule has 0 unspecified atom stereocenters. The first-order chi connectivity index (χ1) is 24.3. The van der Waals surface area contributed by atoms with Gasteiger partial charge in [0, 0.05) is 27.5 Å². The summed E-state index contributed by atoms with van der Waals surface area (Å²) in [4.78, 5) is 14.7. The van der Waals surface area contributed by atoms with E-state index in [2.05, 4.69) is 97.1 Å². The smallest absolute Gasteiger partial charge is 0.164 e. The van der Waals surface area contributed by atoms with Crippen molar-refractivity contribution in [2.24, 2.45) is 0 Å². The number of furan rings is 1. The molecule has 4 nitrogen and oxygen atoms in total. The van der Waals surface area contributed by atoms with Gasteiger partial charge in [-0.1, -0.05) is 152 Å². The minimum absolute atomic E-state index is 0.599. The molecule has 0 bridgehead atoms. The van der Waals surface area contributed by atoms with Gasteiger partial charge >= 0.3 is 0 Å². The van der Waals surface area contributed by atoms with E-state index in [0.717, 1.165) is 49.8 Å². The normalized spacial score (nSPS) is 11.3. The summed E-state index contributed by atoms with van der Waals surface area (Å²) in [6.07, 6.45) is 0. The summed E-state index contributed by atoms with van der Waals surface area (Å²) in [5, 5.41) is 2.14. The Kier molecular flexibility index (Phi) is 7.10. The molecule has 230 valence electrons. The fourth-order valence-electron chi connectivity index (χ4n) is 6.49. The monoisotopic (exact) mass is 627 g/mol. The molecule has 0 saturated carbocycles. The van der Waals surface area contributed by atoms with Crippen molar-refractivity contribution in [3.05, 3.63) is 176 Å². The minimum Gasteiger partial charge on any atom is -0.456 e. The van der Waals surface area contributed by atoms with Crippen LogP contribution in [-0.2, 0) is 0 Å². The number of rotatable bonds is 6. The Hall–Kier alpha value is -6.65. The van der Waals surface area contributed by atoms with E-state index in [4.69, 9.17) is 19.4 Å². The van der Waals surface area contributed by atoms with E-state index in [0.29, 0.717) is 17.5 Å². The zero-order chi connectivity index (χ0) is 32.6. The highest BCUT2D eigenvalue weighted by atomic mass is 16.3. The van der Waals surface area contributed by atoms with Gasteiger partial charge in [-0.25, -0.2) is 15.0 Å². The van der Waals surface area contributed by atoms with Crippen LogP contribution in [0.15, 0.2) is 180 Å². The van der Waals surface area contributed by atoms with Crippen molar-refractivity contribution >= 4 is 21.9 Å². The Morgan fingerprint density at radius 1 is 0.306 bits per heavy atom. The molecule has 0 spiro atoms. The van der Waals surface area contributed by atoms with Gasteiger partial charge in [-0.2, -0.15) is 0 Å². The molecule has 0 aliphatic rings. The number of hydrogen-bond acceptors (Lipinski definition) is 4. The van der Waals surface area contributed by atoms with Crippen LogP contribution < -0.4 is 0 Å². The molecule has 9 aromatic rings. The highest BCUT2D eigenvalue weighted by Crippen LogP contribution is 2.39. The van der Waals surface area contributed by atoms with Gasteiger partial charge in [0.2, 0.25) is 0 Å². The fraction of sp³-hybridized carbons (Fsp3) is 0. The third kappa shape index (κ3) is 5.45. The average molecular weight is 628 g/mol. The van der Waals surface area contributed by atoms with E-state index in [-0.39, 0.29) is 0 Å². The lowest BCUT2D eigenvalue weighted by atomic mass is 9.95. The van der Waals surface area contributed by atoms with Crippen LogP contribution >= 0.6 is 0 Å². The summed E-state index contributed by atoms with van der Waals surface area (Å²) in [6, 6.07) is 60.6. The van der Waals surface area contributed by atoms with Crippen LogP contribution in [0.1, 0.15) is 0 Å². The van der Waals surface area contributed by atoms with Crippen LogP contribution in [0.2, 0.25) is 0 Å². The van der Waals surface area contributed by atoms with Gasteiger partial charge in [0.15, 0.2) is 17.5 Å². The number of aromatic nitrogens is 3. The molecule has 2 aromatic heterocycles. The number of hydrogen-bond donors (Lipinski definition) is 0. The largest absolute Gasteiger partial charge is 0.456 e. The highest BCUT2D eigenvalue weighted by Gasteiger charge is 2.16. The molecule has 0 aliphatic carbocycles. The number of fused-ring (bicyclic) bond motifs is 3. The standard InChI is InChI=1S/C45H29N3O/c1-4-12-30(13-5-1)35-18-10-19-36(28-35)31-22-24-32(25-23-31)38-20-11-21-40-42(38)39-27-26-37(29-41(39)49-40)45-47-43(33-14-6-2-7-15-33)46-44(48-45)34-16-8-3-9-17-34/h1-29H. The average Bonchev–Trinajstić information content (AvgIpc) is 3.57. The molecule has 0 atom stereocenters. The van der Waals surface area contributed by atoms with Crippen LogP contribution in [0, 0.1) is 0 Å². The zero-order valence-corrected chi connectivity index (χ0v) is 26.5. The third-order valence-electron chi connectivity index (χ3n) is 8.95. The Labute approximate surface area is 284 Å². The first-order valence-electron chi connectivity index (χ1n) is 16.4. The van der Waals surface area contributed by atoms with Crippen LogP contribution in [-0.4, -0.2) is 15.0 Å². The SMILES string of the molecule is c1ccc(-c2cccc(-c3ccc(-c4cccc5oc6cc(-c7nc(-c8ccccc8)nc(-c8ccccc8)n7)ccc6c45)cc3)c2)cc1. The molecule has 49 heavy (non-hydrogen) atoms. The highest BCUT2D eigenvalue weighted by molar-refractivity contribution is 6.13. The summed E-state index contributed by atoms with van der Waals surface area (Å²) in [6.45, 7) is 0. The molecule has 0 amide bonds. The summed E-state index contributed by atoms with van der Waals surface area (Å²) < 4.78 is 6.48. The lowest BCUT2D eigenvalue weighted by molar-refractivity contribution is 0.669. The van der Waals surface area contributed by atoms with Gasteiger partial charge in [-0.3, -0.25) is 0 Å². The molecule has 0 N–H and O–H groups in total. The van der Waals surface area contributed by atoms with Crippen molar-refractivity contribution in [3.8, 4) is 67.5 Å². The van der Waals surface area contributed by atoms with E-state index in [1.807, 2.05) is 78.9 Å². The van der Waals surface area contributed by atoms with Crippen molar-refractivity contribution in [3.63, 3.8) is 0 Å². The summed E-state index contributed by atoms with van der Waals surface area (Å²) in [7, 11) is 0. The number of nitrogens with zero attached hydrogens (tertiary/aromatic N) is 3. The van der Waals surface area contributed by atoms with E-state index in [1.165, 1.54) is 22.3 Å². The first kappa shape index (κ1) is 28.6. The third-order valence-corrected chi connectivity index (χ3v) is 8.95. The fourth-order valence-corrected chi connectivity index (χ4v) is 6.49. The van der Waals surface area contributed by atoms with Crippen LogP contribution in [0.3, 0.4) is 0 Å². The second kappa shape index (κ2) is 12.2. The Morgan fingerprint density at radius 3 is 1.39 bits per heavy atom. The van der Waals surface area contributed by atoms with Gasteiger partial charge in [0.25, 0.3) is 0 Å². The van der Waals surface area contributed by atoms with Crippen molar-refractivity contribution < 1.29 is 4.42 Å². The summed E-state index contributed by atoms with van der Waals surface area (Å²) >= 11 is 0. The van der Waals surface area contributed by atoms with Gasteiger partial charge in [0.1, 0.15) is 11.2 Å². The van der Waals surface area contributed by atoms with Gasteiger partial charge < -0.3 is 4.42 Å². The van der Waals surface area contributed by atoms with Gasteiger partial charge in [-0.15, -0.1) is 0 Å². The molecule has 2 heterocycles. The second-order valence-electron chi connectivity index (χ2n) is 12.1. The number of benzene rings is 7. The Bertz CT molecular complexity index is 2520. The molecule has 0 aliphatic heterocycles. The predicted octanol–water partition coefficient (Wildman–Crippen LogP) is 11.8. The quantitative estimate of drug-likeness (QED) is 0.184. The predicted molar refractivity (Wildman–Crippen MR) is 200 cm³/mol. The van der Waals surface area contributed by atoms with Crippen molar-refractivity contribution in [1.29, 1.82) is 0 Å². The minimum atomic E-state index is 0.599. The maximum absolute atomic E-state index is 6.48. The molecule has 7 aromatic carbocycles. The molecular weight excluding hydrogens is 599 g/mol. The van der Waals surface area contributed by atoms with Crippen LogP contribution in [0.5, 0.6) is 0 Å². The van der Waals surface area contributed by atoms with E-state index in [1.54, 1.807) is 0 Å². The zero-order valence-electron chi connectivity index (χ0n) is 26.5. The topological polar surface area (TPSA) is 51.8 Å². The maximum atomic E-state index is 6.48. The molecule has 9 rings (SSSR count). The van der Waals surface area contributed by atoms with E-state index >= 15 is 0 Å². The van der Waals surface area contributed by atoms with Crippen molar-refractivity contribution in [2.75, 3.05) is 0 Å². The lowest BCUT2D eigenvalue weighted by Gasteiger charge is -2.09. The van der Waals surface area contributed by atoms with Crippen LogP contribution in [0.25, 0.3) is 89.5 Å². The van der Waals surface area contributed by atoms with E-state index in [9.17, 15) is 0 Å². The van der Waals surface area contributed by atoms with Gasteiger partial charge in [0.05, 0.1) is 0 Å². The molecule has 0 saturated heterocycles. The maximum Gasteiger partial charge on any atom is 0.164 e. The summed E-state index contributed by atoms with van der Waals surface area (Å²) in [5.74, 6) is 1.86. The first-order valence-corrected chi connectivity index (χ1v) is 16.4. The lowest BCUT2D eigenvalue weighted by Crippen LogP contribution is -2.00. The molecule has 0 radical (unpaired) electrons. The van der Waals surface area contributed by atoms with Crippen molar-refractivity contribution in [2.45, 2.75) is 0 Å². The van der Waals surface area contributed by atoms with E-state index < -0.39 is 0 Å². The molecular formula is C45H29N3O. The molecule has 4 heteroatoms. The summed E-state index contributed by atoms with van der Waals surface area (Å²) in [5.41, 5.74) is 11.4. The second-order valence-corrected chi connectivity index (χ2v) is 12.1. The molecule has 0 fully saturated rings. The van der Waals surface area contributed by atoms with Crippen molar-refractivity contribution in [1.82, 2.24) is 15.0 Å². The Balaban J connectivity index is 1.10. The van der Waals surface area contributed by atoms with Crippen LogP contribution in [0.4, 0.5) is 0 Å². The Morgan fingerprint density at radius 2 is 0.776 bits per heavy atom. The van der Waals surface area contributed by atoms with Gasteiger partial charge in [-0.05, 0) is 57.6 Å².